The summed E-state index contributed by atoms with van der Waals surface area (Å²) < 4.78 is 6.63. The number of rotatable bonds is 1. The lowest BCUT2D eigenvalue weighted by atomic mass is 9.63. The van der Waals surface area contributed by atoms with Crippen molar-refractivity contribution in [2.45, 2.75) is 42.9 Å². The Balaban J connectivity index is 1.19. The number of ether oxygens (including phenoxy) is 1. The van der Waals surface area contributed by atoms with E-state index in [-0.39, 0.29) is 10.8 Å². The molecule has 1 nitrogen and oxygen atoms in total. The largest absolute Gasteiger partial charge is 0.457 e. The van der Waals surface area contributed by atoms with E-state index in [2.05, 4.69) is 146 Å². The van der Waals surface area contributed by atoms with Crippen molar-refractivity contribution in [1.29, 1.82) is 0 Å². The van der Waals surface area contributed by atoms with Crippen molar-refractivity contribution in [3.05, 3.63) is 179 Å². The SMILES string of the molecule is c1ccc2c(c1)Oc1ccc(-c3cccc4c3-c3ccccc3C43c4ccccc4-c4c3ccc3ccccc43)cc1C21CCCCC1. The molecule has 1 fully saturated rings. The van der Waals surface area contributed by atoms with Crippen LogP contribution in [0.2, 0.25) is 0 Å². The first-order chi connectivity index (χ1) is 23.8. The smallest absolute Gasteiger partial charge is 0.131 e. The molecule has 11 rings (SSSR count). The predicted molar refractivity (Wildman–Crippen MR) is 196 cm³/mol. The quantitative estimate of drug-likeness (QED) is 0.179. The molecule has 0 N–H and O–H groups in total. The lowest BCUT2D eigenvalue weighted by Gasteiger charge is -2.43. The van der Waals surface area contributed by atoms with E-state index >= 15 is 0 Å². The van der Waals surface area contributed by atoms with Crippen LogP contribution in [0.15, 0.2) is 146 Å². The minimum absolute atomic E-state index is 0.0000907. The molecule has 1 saturated carbocycles. The van der Waals surface area contributed by atoms with Crippen LogP contribution in [0.5, 0.6) is 11.5 Å². The molecule has 0 radical (unpaired) electrons. The molecule has 4 aliphatic rings. The van der Waals surface area contributed by atoms with Gasteiger partial charge >= 0.3 is 0 Å². The second-order valence-electron chi connectivity index (χ2n) is 14.2. The predicted octanol–water partition coefficient (Wildman–Crippen LogP) is 12.2. The van der Waals surface area contributed by atoms with Crippen molar-refractivity contribution >= 4 is 10.8 Å². The van der Waals surface area contributed by atoms with Crippen molar-refractivity contribution < 1.29 is 4.74 Å². The fraction of sp³-hybridized carbons (Fsp3) is 0.149. The van der Waals surface area contributed by atoms with E-state index in [0.717, 1.165) is 11.5 Å². The molecule has 3 aliphatic carbocycles. The molecule has 2 spiro atoms. The second kappa shape index (κ2) is 9.58. The summed E-state index contributed by atoms with van der Waals surface area (Å²) in [5, 5.41) is 2.62. The second-order valence-corrected chi connectivity index (χ2v) is 14.2. The van der Waals surface area contributed by atoms with E-state index in [1.807, 2.05) is 0 Å². The first-order valence-corrected chi connectivity index (χ1v) is 17.6. The zero-order chi connectivity index (χ0) is 31.5. The molecule has 228 valence electrons. The molecule has 7 aromatic rings. The van der Waals surface area contributed by atoms with Gasteiger partial charge in [-0.2, -0.15) is 0 Å². The lowest BCUT2D eigenvalue weighted by Crippen LogP contribution is -2.33. The maximum absolute atomic E-state index is 6.63. The maximum atomic E-state index is 6.63. The third-order valence-electron chi connectivity index (χ3n) is 12.1. The molecule has 0 saturated heterocycles. The van der Waals surface area contributed by atoms with Crippen LogP contribution in [-0.2, 0) is 10.8 Å². The highest BCUT2D eigenvalue weighted by Gasteiger charge is 2.52. The molecular formula is C47H34O. The first kappa shape index (κ1) is 26.6. The molecule has 7 aromatic carbocycles. The Kier molecular flexibility index (Phi) is 5.32. The molecule has 0 bridgehead atoms. The van der Waals surface area contributed by atoms with E-state index in [9.17, 15) is 0 Å². The number of fused-ring (bicyclic) bond motifs is 16. The molecule has 1 aliphatic heterocycles. The summed E-state index contributed by atoms with van der Waals surface area (Å²) in [6.45, 7) is 0. The van der Waals surface area contributed by atoms with Gasteiger partial charge in [0.1, 0.15) is 11.5 Å². The van der Waals surface area contributed by atoms with Crippen molar-refractivity contribution in [1.82, 2.24) is 0 Å². The fourth-order valence-electron chi connectivity index (χ4n) is 10.3. The average Bonchev–Trinajstić information content (AvgIpc) is 3.63. The van der Waals surface area contributed by atoms with Crippen LogP contribution in [0.25, 0.3) is 44.2 Å². The third kappa shape index (κ3) is 3.22. The van der Waals surface area contributed by atoms with Gasteiger partial charge in [-0.25, -0.2) is 0 Å². The Labute approximate surface area is 281 Å². The summed E-state index contributed by atoms with van der Waals surface area (Å²) in [6, 6.07) is 54.8. The summed E-state index contributed by atoms with van der Waals surface area (Å²) in [7, 11) is 0. The normalized spacial score (nSPS) is 18.8. The molecule has 1 atom stereocenters. The summed E-state index contributed by atoms with van der Waals surface area (Å²) in [6.07, 6.45) is 6.15. The highest BCUT2D eigenvalue weighted by atomic mass is 16.5. The monoisotopic (exact) mass is 614 g/mol. The van der Waals surface area contributed by atoms with Crippen molar-refractivity contribution in [2.75, 3.05) is 0 Å². The maximum Gasteiger partial charge on any atom is 0.131 e. The van der Waals surface area contributed by atoms with E-state index in [0.29, 0.717) is 0 Å². The van der Waals surface area contributed by atoms with Gasteiger partial charge in [-0.15, -0.1) is 0 Å². The van der Waals surface area contributed by atoms with Gasteiger partial charge in [-0.05, 0) is 97.4 Å². The number of benzene rings is 7. The highest BCUT2D eigenvalue weighted by Crippen LogP contribution is 2.65. The lowest BCUT2D eigenvalue weighted by molar-refractivity contribution is 0.306. The molecule has 48 heavy (non-hydrogen) atoms. The van der Waals surface area contributed by atoms with Gasteiger partial charge in [0.2, 0.25) is 0 Å². The van der Waals surface area contributed by atoms with Crippen LogP contribution < -0.4 is 4.74 Å². The standard InChI is InChI=1S/C47H34O/c1-10-27-46(28-11-1)38-20-8-9-22-42(38)48-43-26-24-31(29-41(43)46)33-17-12-21-39-45(33)35-16-5-7-19-37(35)47(39)36-18-6-4-15-34(36)44-32-14-3-2-13-30(32)23-25-40(44)47/h2-9,12-26,29H,1,10-11,27-28H2. The third-order valence-corrected chi connectivity index (χ3v) is 12.1. The summed E-state index contributed by atoms with van der Waals surface area (Å²) in [5.74, 6) is 2.05. The van der Waals surface area contributed by atoms with Crippen molar-refractivity contribution in [2.24, 2.45) is 0 Å². The molecule has 1 heterocycles. The van der Waals surface area contributed by atoms with E-state index in [1.54, 1.807) is 0 Å². The number of hydrogen-bond donors (Lipinski definition) is 0. The van der Waals surface area contributed by atoms with Gasteiger partial charge in [-0.1, -0.05) is 147 Å². The molecule has 1 heteroatoms. The van der Waals surface area contributed by atoms with Crippen LogP contribution in [-0.4, -0.2) is 0 Å². The van der Waals surface area contributed by atoms with Gasteiger partial charge < -0.3 is 4.74 Å². The molecular weight excluding hydrogens is 581 g/mol. The van der Waals surface area contributed by atoms with E-state index in [1.165, 1.54) is 110 Å². The summed E-state index contributed by atoms with van der Waals surface area (Å²) >= 11 is 0. The zero-order valence-electron chi connectivity index (χ0n) is 26.8. The van der Waals surface area contributed by atoms with Crippen LogP contribution >= 0.6 is 0 Å². The number of hydrogen-bond acceptors (Lipinski definition) is 1. The van der Waals surface area contributed by atoms with E-state index in [4.69, 9.17) is 4.74 Å². The van der Waals surface area contributed by atoms with Crippen LogP contribution in [0.3, 0.4) is 0 Å². The Morgan fingerprint density at radius 1 is 0.417 bits per heavy atom. The molecule has 1 unspecified atom stereocenters. The Hall–Kier alpha value is -5.40. The Morgan fingerprint density at radius 2 is 1.04 bits per heavy atom. The van der Waals surface area contributed by atoms with Crippen molar-refractivity contribution in [3.8, 4) is 44.9 Å². The topological polar surface area (TPSA) is 9.23 Å². The Morgan fingerprint density at radius 3 is 1.88 bits per heavy atom. The average molecular weight is 615 g/mol. The van der Waals surface area contributed by atoms with Gasteiger partial charge in [0.05, 0.1) is 5.41 Å². The Bertz CT molecular complexity index is 2480. The van der Waals surface area contributed by atoms with Gasteiger partial charge in [-0.3, -0.25) is 0 Å². The van der Waals surface area contributed by atoms with Gasteiger partial charge in [0.25, 0.3) is 0 Å². The first-order valence-electron chi connectivity index (χ1n) is 17.6. The highest BCUT2D eigenvalue weighted by molar-refractivity contribution is 6.07. The summed E-state index contributed by atoms with van der Waals surface area (Å²) in [5.41, 5.74) is 15.9. The minimum Gasteiger partial charge on any atom is -0.457 e. The fourth-order valence-corrected chi connectivity index (χ4v) is 10.3. The molecule has 0 amide bonds. The van der Waals surface area contributed by atoms with Gasteiger partial charge in [0.15, 0.2) is 0 Å². The van der Waals surface area contributed by atoms with Crippen LogP contribution in [0.1, 0.15) is 65.5 Å². The van der Waals surface area contributed by atoms with Crippen LogP contribution in [0, 0.1) is 0 Å². The van der Waals surface area contributed by atoms with Crippen molar-refractivity contribution in [3.63, 3.8) is 0 Å². The zero-order valence-corrected chi connectivity index (χ0v) is 26.8. The van der Waals surface area contributed by atoms with Gasteiger partial charge in [0, 0.05) is 16.5 Å². The van der Waals surface area contributed by atoms with Crippen LogP contribution in [0.4, 0.5) is 0 Å². The van der Waals surface area contributed by atoms with E-state index < -0.39 is 0 Å². The number of para-hydroxylation sites is 1. The summed E-state index contributed by atoms with van der Waals surface area (Å²) in [4.78, 5) is 0. The minimum atomic E-state index is -0.376. The molecule has 0 aromatic heterocycles.